The summed E-state index contributed by atoms with van der Waals surface area (Å²) in [5.41, 5.74) is 5.95. The van der Waals surface area contributed by atoms with Gasteiger partial charge >= 0.3 is 0 Å². The maximum Gasteiger partial charge on any atom is 0.247 e. The largest absolute Gasteiger partial charge is 0.326 e. The third-order valence-electron chi connectivity index (χ3n) is 5.89. The zero-order chi connectivity index (χ0) is 27.6. The molecule has 0 aliphatic carbocycles. The van der Waals surface area contributed by atoms with Crippen LogP contribution in [0.15, 0.2) is 85.1 Å². The molecule has 0 atom stereocenters. The van der Waals surface area contributed by atoms with E-state index in [2.05, 4.69) is 25.4 Å². The Labute approximate surface area is 224 Å². The van der Waals surface area contributed by atoms with Gasteiger partial charge in [-0.05, 0) is 78.2 Å². The van der Waals surface area contributed by atoms with Crippen LogP contribution in [0.3, 0.4) is 0 Å². The van der Waals surface area contributed by atoms with Crippen molar-refractivity contribution in [2.75, 3.05) is 21.6 Å². The Kier molecular flexibility index (Phi) is 6.99. The summed E-state index contributed by atoms with van der Waals surface area (Å²) >= 11 is 0. The number of pyridine rings is 1. The van der Waals surface area contributed by atoms with Crippen molar-refractivity contribution in [3.63, 3.8) is 0 Å². The number of hydrogen-bond acceptors (Lipinski definition) is 6. The molecule has 0 bridgehead atoms. The molecular formula is C28H25FN6O3S. The number of nitrogens with zero attached hydrogens (tertiary/aromatic N) is 3. The Morgan fingerprint density at radius 1 is 0.923 bits per heavy atom. The lowest BCUT2D eigenvalue weighted by molar-refractivity contribution is -0.115. The molecule has 0 fully saturated rings. The Morgan fingerprint density at radius 2 is 1.62 bits per heavy atom. The van der Waals surface area contributed by atoms with Crippen LogP contribution in [-0.2, 0) is 21.2 Å². The highest BCUT2D eigenvalue weighted by Gasteiger charge is 2.10. The van der Waals surface area contributed by atoms with Crippen LogP contribution >= 0.6 is 0 Å². The van der Waals surface area contributed by atoms with Gasteiger partial charge in [0.15, 0.2) is 5.65 Å². The highest BCUT2D eigenvalue weighted by Crippen LogP contribution is 2.25. The number of aromatic nitrogens is 3. The number of amides is 1. The summed E-state index contributed by atoms with van der Waals surface area (Å²) in [7, 11) is -3.36. The molecule has 0 aliphatic heterocycles. The van der Waals surface area contributed by atoms with Gasteiger partial charge in [0, 0.05) is 28.8 Å². The Morgan fingerprint density at radius 3 is 2.31 bits per heavy atom. The van der Waals surface area contributed by atoms with Gasteiger partial charge in [0.05, 0.1) is 12.7 Å². The molecule has 11 heteroatoms. The summed E-state index contributed by atoms with van der Waals surface area (Å²) in [4.78, 5) is 16.9. The first kappa shape index (κ1) is 25.9. The number of fused-ring (bicyclic) bond motifs is 1. The summed E-state index contributed by atoms with van der Waals surface area (Å²) in [6.45, 7) is 1.86. The first-order valence-electron chi connectivity index (χ1n) is 12.0. The number of aryl methyl sites for hydroxylation is 1. The number of anilines is 4. The molecule has 9 nitrogen and oxygen atoms in total. The first-order valence-corrected chi connectivity index (χ1v) is 13.9. The van der Waals surface area contributed by atoms with E-state index < -0.39 is 10.0 Å². The fourth-order valence-corrected chi connectivity index (χ4v) is 4.60. The van der Waals surface area contributed by atoms with E-state index >= 15 is 0 Å². The van der Waals surface area contributed by atoms with Gasteiger partial charge in [-0.2, -0.15) is 4.98 Å². The first-order chi connectivity index (χ1) is 18.6. The minimum absolute atomic E-state index is 0.155. The molecule has 3 N–H and O–H groups in total. The van der Waals surface area contributed by atoms with Gasteiger partial charge in [-0.3, -0.25) is 9.52 Å². The van der Waals surface area contributed by atoms with Crippen LogP contribution in [0.2, 0.25) is 0 Å². The fourth-order valence-electron chi connectivity index (χ4n) is 4.05. The van der Waals surface area contributed by atoms with Gasteiger partial charge in [0.2, 0.25) is 21.9 Å². The number of carbonyl (C=O) groups excluding carboxylic acids is 1. The normalized spacial score (nSPS) is 11.4. The predicted molar refractivity (Wildman–Crippen MR) is 150 cm³/mol. The lowest BCUT2D eigenvalue weighted by atomic mass is 10.1. The standard InChI is InChI=1S/C28H25FN6O3S/c1-18-15-24(34-39(2,37)38)12-13-25(18)31-28-32-26-14-7-21(17-35(26)33-28)20-5-10-23(11-6-20)30-27(36)16-19-3-8-22(29)9-4-19/h3-15,17,34H,16H2,1-2H3,(H,30,36)(H,31,33). The average molecular weight is 545 g/mol. The summed E-state index contributed by atoms with van der Waals surface area (Å²) < 4.78 is 40.1. The summed E-state index contributed by atoms with van der Waals surface area (Å²) in [5.74, 6) is -0.120. The Balaban J connectivity index is 1.26. The van der Waals surface area contributed by atoms with Crippen molar-refractivity contribution in [1.82, 2.24) is 14.6 Å². The molecule has 198 valence electrons. The number of sulfonamides is 1. The van der Waals surface area contributed by atoms with Crippen molar-refractivity contribution >= 4 is 44.6 Å². The number of halogens is 1. The number of nitrogens with one attached hydrogen (secondary N) is 3. The van der Waals surface area contributed by atoms with E-state index in [0.29, 0.717) is 23.0 Å². The molecule has 2 heterocycles. The van der Waals surface area contributed by atoms with Crippen LogP contribution in [0.5, 0.6) is 0 Å². The molecule has 5 aromatic rings. The van der Waals surface area contributed by atoms with Gasteiger partial charge in [0.25, 0.3) is 0 Å². The molecule has 0 unspecified atom stereocenters. The van der Waals surface area contributed by atoms with Crippen LogP contribution in [0.1, 0.15) is 11.1 Å². The molecular weight excluding hydrogens is 519 g/mol. The van der Waals surface area contributed by atoms with E-state index in [1.165, 1.54) is 12.1 Å². The monoisotopic (exact) mass is 544 g/mol. The van der Waals surface area contributed by atoms with Gasteiger partial charge in [-0.1, -0.05) is 24.3 Å². The van der Waals surface area contributed by atoms with E-state index in [1.807, 2.05) is 49.5 Å². The van der Waals surface area contributed by atoms with E-state index in [4.69, 9.17) is 0 Å². The second-order valence-corrected chi connectivity index (χ2v) is 10.9. The summed E-state index contributed by atoms with van der Waals surface area (Å²) in [6.07, 6.45) is 3.12. The molecule has 2 aromatic heterocycles. The number of benzene rings is 3. The van der Waals surface area contributed by atoms with Crippen molar-refractivity contribution in [3.8, 4) is 11.1 Å². The van der Waals surface area contributed by atoms with Gasteiger partial charge < -0.3 is 10.6 Å². The Hall–Kier alpha value is -4.77. The van der Waals surface area contributed by atoms with E-state index in [-0.39, 0.29) is 18.1 Å². The smallest absolute Gasteiger partial charge is 0.247 e. The van der Waals surface area contributed by atoms with Crippen LogP contribution in [0, 0.1) is 12.7 Å². The lowest BCUT2D eigenvalue weighted by Crippen LogP contribution is -2.14. The maximum absolute atomic E-state index is 13.1. The lowest BCUT2D eigenvalue weighted by Gasteiger charge is -2.09. The van der Waals surface area contributed by atoms with Crippen molar-refractivity contribution in [1.29, 1.82) is 0 Å². The van der Waals surface area contributed by atoms with Crippen molar-refractivity contribution in [3.05, 3.63) is 102 Å². The minimum atomic E-state index is -3.36. The second-order valence-electron chi connectivity index (χ2n) is 9.11. The molecule has 0 saturated heterocycles. The van der Waals surface area contributed by atoms with Crippen molar-refractivity contribution in [2.45, 2.75) is 13.3 Å². The zero-order valence-electron chi connectivity index (χ0n) is 21.1. The number of carbonyl (C=O) groups is 1. The SMILES string of the molecule is Cc1cc(NS(C)(=O)=O)ccc1Nc1nc2ccc(-c3ccc(NC(=O)Cc4ccc(F)cc4)cc3)cn2n1. The molecule has 5 rings (SSSR count). The van der Waals surface area contributed by atoms with Crippen molar-refractivity contribution < 1.29 is 17.6 Å². The average Bonchev–Trinajstić information content (AvgIpc) is 3.28. The maximum atomic E-state index is 13.1. The third kappa shape index (κ3) is 6.57. The summed E-state index contributed by atoms with van der Waals surface area (Å²) in [6, 6.07) is 22.3. The Bertz CT molecular complexity index is 1770. The molecule has 1 amide bonds. The van der Waals surface area contributed by atoms with E-state index in [9.17, 15) is 17.6 Å². The van der Waals surface area contributed by atoms with E-state index in [0.717, 1.165) is 34.2 Å². The quantitative estimate of drug-likeness (QED) is 0.249. The second kappa shape index (κ2) is 10.5. The van der Waals surface area contributed by atoms with Crippen LogP contribution < -0.4 is 15.4 Å². The number of rotatable bonds is 8. The topological polar surface area (TPSA) is 117 Å². The minimum Gasteiger partial charge on any atom is -0.326 e. The number of hydrogen-bond donors (Lipinski definition) is 3. The summed E-state index contributed by atoms with van der Waals surface area (Å²) in [5, 5.41) is 10.6. The fraction of sp³-hybridized carbons (Fsp3) is 0.107. The van der Waals surface area contributed by atoms with Crippen molar-refractivity contribution in [2.24, 2.45) is 0 Å². The van der Waals surface area contributed by atoms with E-state index in [1.54, 1.807) is 34.8 Å². The van der Waals surface area contributed by atoms with Gasteiger partial charge in [-0.25, -0.2) is 17.3 Å². The molecule has 39 heavy (non-hydrogen) atoms. The highest BCUT2D eigenvalue weighted by molar-refractivity contribution is 7.92. The molecule has 0 aliphatic rings. The highest BCUT2D eigenvalue weighted by atomic mass is 32.2. The van der Waals surface area contributed by atoms with Gasteiger partial charge in [0.1, 0.15) is 5.82 Å². The molecule has 0 saturated carbocycles. The predicted octanol–water partition coefficient (Wildman–Crippen LogP) is 5.14. The molecule has 3 aromatic carbocycles. The van der Waals surface area contributed by atoms with Crippen LogP contribution in [0.4, 0.5) is 27.4 Å². The molecule has 0 radical (unpaired) electrons. The van der Waals surface area contributed by atoms with Gasteiger partial charge in [-0.15, -0.1) is 5.10 Å². The van der Waals surface area contributed by atoms with Crippen LogP contribution in [-0.4, -0.2) is 35.2 Å². The third-order valence-corrected chi connectivity index (χ3v) is 6.49. The molecule has 0 spiro atoms. The van der Waals surface area contributed by atoms with Crippen LogP contribution in [0.25, 0.3) is 16.8 Å². The zero-order valence-corrected chi connectivity index (χ0v) is 22.0.